The average molecular weight is 267 g/mol. The molecule has 0 amide bonds. The zero-order valence-corrected chi connectivity index (χ0v) is 9.64. The molecule has 7 heteroatoms. The monoisotopic (exact) mass is 266 g/mol. The fraction of sp³-hybridized carbons (Fsp3) is 0. The Morgan fingerprint density at radius 1 is 1.39 bits per heavy atom. The highest BCUT2D eigenvalue weighted by Crippen LogP contribution is 2.24. The van der Waals surface area contributed by atoms with Crippen LogP contribution in [0.4, 0.5) is 0 Å². The molecule has 6 nitrogen and oxygen atoms in total. The van der Waals surface area contributed by atoms with Gasteiger partial charge in [-0.3, -0.25) is 4.79 Å². The number of aromatic amines is 1. The van der Waals surface area contributed by atoms with Gasteiger partial charge in [-0.25, -0.2) is 9.78 Å². The Morgan fingerprint density at radius 2 is 2.17 bits per heavy atom. The summed E-state index contributed by atoms with van der Waals surface area (Å²) < 4.78 is 5.25. The van der Waals surface area contributed by atoms with E-state index in [1.54, 1.807) is 0 Å². The third-order valence-electron chi connectivity index (χ3n) is 2.04. The minimum atomic E-state index is -1.16. The Bertz CT molecular complexity index is 653. The number of halogens is 1. The van der Waals surface area contributed by atoms with Gasteiger partial charge in [0.05, 0.1) is 23.0 Å². The van der Waals surface area contributed by atoms with Gasteiger partial charge < -0.3 is 14.8 Å². The van der Waals surface area contributed by atoms with Crippen molar-refractivity contribution in [3.8, 4) is 11.6 Å². The molecule has 0 aliphatic carbocycles. The van der Waals surface area contributed by atoms with Crippen LogP contribution in [0.3, 0.4) is 0 Å². The molecule has 0 fully saturated rings. The van der Waals surface area contributed by atoms with Crippen LogP contribution in [0.1, 0.15) is 10.4 Å². The summed E-state index contributed by atoms with van der Waals surface area (Å²) in [5.74, 6) is -0.864. The Labute approximate surface area is 106 Å². The second kappa shape index (κ2) is 4.89. The van der Waals surface area contributed by atoms with Gasteiger partial charge in [0.25, 0.3) is 5.56 Å². The smallest absolute Gasteiger partial charge is 0.337 e. The number of hydrogen-bond donors (Lipinski definition) is 2. The highest BCUT2D eigenvalue weighted by molar-refractivity contribution is 6.33. The Balaban J connectivity index is 2.33. The number of carboxylic acid groups (broad SMARTS) is 1. The second-order valence-electron chi connectivity index (χ2n) is 3.30. The van der Waals surface area contributed by atoms with Crippen LogP contribution in [-0.4, -0.2) is 21.0 Å². The predicted octanol–water partition coefficient (Wildman–Crippen LogP) is 1.91. The Morgan fingerprint density at radius 3 is 2.83 bits per heavy atom. The quantitative estimate of drug-likeness (QED) is 0.885. The largest absolute Gasteiger partial charge is 0.478 e. The molecule has 1 aromatic carbocycles. The highest BCUT2D eigenvalue weighted by atomic mass is 35.5. The molecule has 0 atom stereocenters. The normalized spacial score (nSPS) is 10.1. The van der Waals surface area contributed by atoms with Gasteiger partial charge in [-0.2, -0.15) is 0 Å². The molecule has 92 valence electrons. The van der Waals surface area contributed by atoms with Crippen LogP contribution in [0.15, 0.2) is 35.4 Å². The lowest BCUT2D eigenvalue weighted by Gasteiger charge is -2.05. The van der Waals surface area contributed by atoms with Crippen LogP contribution < -0.4 is 10.3 Å². The third-order valence-corrected chi connectivity index (χ3v) is 2.37. The van der Waals surface area contributed by atoms with Crippen molar-refractivity contribution in [2.75, 3.05) is 0 Å². The molecule has 0 radical (unpaired) electrons. The number of carbonyl (C=O) groups is 1. The summed E-state index contributed by atoms with van der Waals surface area (Å²) in [5, 5.41) is 8.99. The van der Waals surface area contributed by atoms with E-state index in [1.807, 2.05) is 0 Å². The summed E-state index contributed by atoms with van der Waals surface area (Å²) >= 11 is 5.71. The zero-order chi connectivity index (χ0) is 13.1. The van der Waals surface area contributed by atoms with Crippen LogP contribution in [0.5, 0.6) is 11.6 Å². The first kappa shape index (κ1) is 12.1. The van der Waals surface area contributed by atoms with E-state index in [4.69, 9.17) is 21.4 Å². The van der Waals surface area contributed by atoms with Gasteiger partial charge in [0.1, 0.15) is 5.75 Å². The van der Waals surface area contributed by atoms with E-state index in [2.05, 4.69) is 9.97 Å². The summed E-state index contributed by atoms with van der Waals surface area (Å²) in [6, 6.07) is 5.29. The molecular formula is C11H7ClN2O4. The standard InChI is InChI=1S/C11H7ClN2O4/c12-8-2-1-6(3-7(8)11(16)17)18-10-4-9(15)13-5-14-10/h1-5H,(H,16,17)(H,13,14,15). The Kier molecular flexibility index (Phi) is 3.29. The van der Waals surface area contributed by atoms with Gasteiger partial charge in [-0.15, -0.1) is 0 Å². The molecule has 1 aromatic heterocycles. The van der Waals surface area contributed by atoms with Crippen molar-refractivity contribution >= 4 is 17.6 Å². The highest BCUT2D eigenvalue weighted by Gasteiger charge is 2.10. The van der Waals surface area contributed by atoms with Crippen molar-refractivity contribution in [3.05, 3.63) is 51.5 Å². The van der Waals surface area contributed by atoms with Crippen LogP contribution in [-0.2, 0) is 0 Å². The molecule has 0 unspecified atom stereocenters. The number of ether oxygens (including phenoxy) is 1. The average Bonchev–Trinajstić information content (AvgIpc) is 2.31. The van der Waals surface area contributed by atoms with Crippen molar-refractivity contribution in [2.45, 2.75) is 0 Å². The number of H-pyrrole nitrogens is 1. The van der Waals surface area contributed by atoms with Crippen molar-refractivity contribution in [1.82, 2.24) is 9.97 Å². The Hall–Kier alpha value is -2.34. The minimum absolute atomic E-state index is 0.0670. The minimum Gasteiger partial charge on any atom is -0.478 e. The topological polar surface area (TPSA) is 92.3 Å². The van der Waals surface area contributed by atoms with Crippen LogP contribution in [0.2, 0.25) is 5.02 Å². The maximum absolute atomic E-state index is 11.0. The van der Waals surface area contributed by atoms with Crippen molar-refractivity contribution in [2.24, 2.45) is 0 Å². The van der Waals surface area contributed by atoms with Gasteiger partial charge >= 0.3 is 5.97 Å². The predicted molar refractivity (Wildman–Crippen MR) is 63.3 cm³/mol. The molecule has 2 aromatic rings. The van der Waals surface area contributed by atoms with Gasteiger partial charge in [-0.05, 0) is 18.2 Å². The molecule has 2 N–H and O–H groups in total. The van der Waals surface area contributed by atoms with E-state index in [9.17, 15) is 9.59 Å². The number of aromatic carboxylic acids is 1. The molecule has 1 heterocycles. The van der Waals surface area contributed by atoms with Crippen molar-refractivity contribution in [3.63, 3.8) is 0 Å². The zero-order valence-electron chi connectivity index (χ0n) is 8.88. The van der Waals surface area contributed by atoms with Gasteiger partial charge in [0.2, 0.25) is 5.88 Å². The summed E-state index contributed by atoms with van der Waals surface area (Å²) in [6.07, 6.45) is 1.19. The van der Waals surface area contributed by atoms with Crippen molar-refractivity contribution < 1.29 is 14.6 Å². The molecule has 0 bridgehead atoms. The molecule has 0 spiro atoms. The van der Waals surface area contributed by atoms with E-state index in [0.29, 0.717) is 0 Å². The molecule has 18 heavy (non-hydrogen) atoms. The number of carboxylic acids is 1. The molecule has 2 rings (SSSR count). The van der Waals surface area contributed by atoms with Crippen LogP contribution in [0.25, 0.3) is 0 Å². The summed E-state index contributed by atoms with van der Waals surface area (Å²) in [6.45, 7) is 0. The first-order valence-electron chi connectivity index (χ1n) is 4.81. The summed E-state index contributed by atoms with van der Waals surface area (Å²) in [5.41, 5.74) is -0.452. The van der Waals surface area contributed by atoms with E-state index in [0.717, 1.165) is 6.07 Å². The van der Waals surface area contributed by atoms with E-state index in [1.165, 1.54) is 24.5 Å². The number of aromatic nitrogens is 2. The number of hydrogen-bond acceptors (Lipinski definition) is 4. The lowest BCUT2D eigenvalue weighted by atomic mass is 10.2. The summed E-state index contributed by atoms with van der Waals surface area (Å²) in [7, 11) is 0. The fourth-order valence-corrected chi connectivity index (χ4v) is 1.46. The summed E-state index contributed by atoms with van der Waals surface area (Å²) in [4.78, 5) is 28.0. The number of nitrogens with one attached hydrogen (secondary N) is 1. The maximum Gasteiger partial charge on any atom is 0.337 e. The SMILES string of the molecule is O=C(O)c1cc(Oc2cc(=O)[nH]cn2)ccc1Cl. The number of nitrogens with zero attached hydrogens (tertiary/aromatic N) is 1. The fourth-order valence-electron chi connectivity index (χ4n) is 1.26. The number of benzene rings is 1. The molecular weight excluding hydrogens is 260 g/mol. The second-order valence-corrected chi connectivity index (χ2v) is 3.71. The first-order chi connectivity index (χ1) is 8.56. The van der Waals surface area contributed by atoms with Crippen molar-refractivity contribution in [1.29, 1.82) is 0 Å². The third kappa shape index (κ3) is 2.67. The molecule has 0 aliphatic heterocycles. The molecule has 0 saturated carbocycles. The van der Waals surface area contributed by atoms with E-state index < -0.39 is 5.97 Å². The van der Waals surface area contributed by atoms with Gasteiger partial charge in [-0.1, -0.05) is 11.6 Å². The first-order valence-corrected chi connectivity index (χ1v) is 5.19. The van der Waals surface area contributed by atoms with E-state index >= 15 is 0 Å². The van der Waals surface area contributed by atoms with E-state index in [-0.39, 0.29) is 27.8 Å². The van der Waals surface area contributed by atoms with Crippen LogP contribution in [0, 0.1) is 0 Å². The van der Waals surface area contributed by atoms with Gasteiger partial charge in [0, 0.05) is 0 Å². The molecule has 0 saturated heterocycles. The number of rotatable bonds is 3. The lowest BCUT2D eigenvalue weighted by Crippen LogP contribution is -2.04. The van der Waals surface area contributed by atoms with Crippen LogP contribution >= 0.6 is 11.6 Å². The maximum atomic E-state index is 11.0. The lowest BCUT2D eigenvalue weighted by molar-refractivity contribution is 0.0696. The van der Waals surface area contributed by atoms with Gasteiger partial charge in [0.15, 0.2) is 0 Å². The molecule has 0 aliphatic rings.